The fraction of sp³-hybridized carbons (Fsp3) is 0.447. The first-order chi connectivity index (χ1) is 22.5. The van der Waals surface area contributed by atoms with E-state index in [1.165, 1.54) is 5.57 Å². The summed E-state index contributed by atoms with van der Waals surface area (Å²) in [5.41, 5.74) is 2.99. The highest BCUT2D eigenvalue weighted by Crippen LogP contribution is 2.46. The average Bonchev–Trinajstić information content (AvgIpc) is 3.66. The molecule has 252 valence electrons. The molecule has 2 aromatic rings. The van der Waals surface area contributed by atoms with E-state index in [0.29, 0.717) is 30.0 Å². The van der Waals surface area contributed by atoms with Crippen molar-refractivity contribution in [2.75, 3.05) is 36.5 Å². The first kappa shape index (κ1) is 35.8. The molecule has 1 fully saturated rings. The van der Waals surface area contributed by atoms with Gasteiger partial charge in [-0.05, 0) is 76.8 Å². The Morgan fingerprint density at radius 1 is 1.15 bits per heavy atom. The van der Waals surface area contributed by atoms with E-state index in [9.17, 15) is 24.6 Å². The second-order valence-corrected chi connectivity index (χ2v) is 12.9. The van der Waals surface area contributed by atoms with Crippen LogP contribution in [0.15, 0.2) is 84.0 Å². The van der Waals surface area contributed by atoms with Crippen molar-refractivity contribution in [2.45, 2.75) is 78.0 Å². The van der Waals surface area contributed by atoms with E-state index in [0.717, 1.165) is 43.4 Å². The van der Waals surface area contributed by atoms with Crippen molar-refractivity contribution in [3.05, 3.63) is 95.1 Å². The molecular formula is C38H50N4O5. The molecule has 2 aromatic carbocycles. The SMILES string of the molecule is CC(C)=CCC/C(C)=C/CN1C(=O)[C@](O)([C@H](C)/C=C/CC(=O)N(CCO)Cc2ccccc2)c2cc(NC(=O)[C@H]3CCCN3)ccc21. The van der Waals surface area contributed by atoms with Gasteiger partial charge in [-0.2, -0.15) is 0 Å². The minimum Gasteiger partial charge on any atom is -0.395 e. The number of carbonyl (C=O) groups excluding carboxylic acids is 3. The molecule has 9 nitrogen and oxygen atoms in total. The molecule has 0 aromatic heterocycles. The molecule has 0 unspecified atom stereocenters. The minimum absolute atomic E-state index is 0.0517. The standard InChI is InChI=1S/C38H50N4O5/c1-27(2)11-8-12-28(3)20-22-42-34-19-18-31(40-36(45)33-16-10-21-39-33)25-32(34)38(47,37(42)46)29(4)13-9-17-35(44)41(23-24-43)26-30-14-6-5-7-15-30/h5-7,9,11,13-15,18-20,25,29,33,39,43,47H,8,10,12,16-17,21-24,26H2,1-4H3,(H,40,45)/b13-9+,28-20+/t29-,33-,38+/m1/s1. The molecule has 3 atom stereocenters. The number of nitrogens with one attached hydrogen (secondary N) is 2. The monoisotopic (exact) mass is 642 g/mol. The van der Waals surface area contributed by atoms with Gasteiger partial charge in [-0.15, -0.1) is 0 Å². The average molecular weight is 643 g/mol. The van der Waals surface area contributed by atoms with Gasteiger partial charge in [0.25, 0.3) is 5.91 Å². The predicted octanol–water partition coefficient (Wildman–Crippen LogP) is 5.21. The quantitative estimate of drug-likeness (QED) is 0.198. The molecule has 4 rings (SSSR count). The molecule has 0 radical (unpaired) electrons. The molecule has 2 heterocycles. The first-order valence-corrected chi connectivity index (χ1v) is 16.7. The number of hydrogen-bond acceptors (Lipinski definition) is 6. The number of aliphatic hydroxyl groups is 2. The zero-order valence-electron chi connectivity index (χ0n) is 28.2. The third-order valence-corrected chi connectivity index (χ3v) is 8.94. The van der Waals surface area contributed by atoms with Crippen molar-refractivity contribution in [3.8, 4) is 0 Å². The van der Waals surface area contributed by atoms with Gasteiger partial charge in [-0.3, -0.25) is 14.4 Å². The van der Waals surface area contributed by atoms with E-state index in [1.54, 1.807) is 47.1 Å². The van der Waals surface area contributed by atoms with E-state index in [4.69, 9.17) is 0 Å². The number of carbonyl (C=O) groups is 3. The summed E-state index contributed by atoms with van der Waals surface area (Å²) >= 11 is 0. The van der Waals surface area contributed by atoms with Gasteiger partial charge in [0.05, 0.1) is 18.3 Å². The second-order valence-electron chi connectivity index (χ2n) is 12.9. The Labute approximate surface area is 279 Å². The van der Waals surface area contributed by atoms with Crippen molar-refractivity contribution in [1.82, 2.24) is 10.2 Å². The van der Waals surface area contributed by atoms with Crippen LogP contribution in [0.3, 0.4) is 0 Å². The Hall–Kier alpha value is -4.05. The smallest absolute Gasteiger partial charge is 0.264 e. The summed E-state index contributed by atoms with van der Waals surface area (Å²) < 4.78 is 0. The van der Waals surface area contributed by atoms with Crippen LogP contribution in [-0.4, -0.2) is 65.1 Å². The third-order valence-electron chi connectivity index (χ3n) is 8.94. The summed E-state index contributed by atoms with van der Waals surface area (Å²) in [6, 6.07) is 14.6. The number of nitrogens with zero attached hydrogens (tertiary/aromatic N) is 2. The maximum atomic E-state index is 14.1. The molecule has 0 bridgehead atoms. The molecule has 2 aliphatic heterocycles. The highest BCUT2D eigenvalue weighted by atomic mass is 16.3. The number of fused-ring (bicyclic) bond motifs is 1. The fourth-order valence-corrected chi connectivity index (χ4v) is 6.14. The van der Waals surface area contributed by atoms with Crippen LogP contribution >= 0.6 is 0 Å². The van der Waals surface area contributed by atoms with Gasteiger partial charge in [0.2, 0.25) is 11.8 Å². The van der Waals surface area contributed by atoms with Crippen LogP contribution < -0.4 is 15.5 Å². The van der Waals surface area contributed by atoms with Crippen LogP contribution in [0.2, 0.25) is 0 Å². The Bertz CT molecular complexity index is 1490. The number of benzene rings is 2. The zero-order valence-corrected chi connectivity index (χ0v) is 28.2. The maximum Gasteiger partial charge on any atom is 0.264 e. The Morgan fingerprint density at radius 2 is 1.91 bits per heavy atom. The number of anilines is 2. The first-order valence-electron chi connectivity index (χ1n) is 16.7. The Kier molecular flexibility index (Phi) is 12.7. The van der Waals surface area contributed by atoms with Crippen LogP contribution in [0.4, 0.5) is 11.4 Å². The van der Waals surface area contributed by atoms with Gasteiger partial charge < -0.3 is 30.6 Å². The van der Waals surface area contributed by atoms with E-state index in [-0.39, 0.29) is 37.4 Å². The summed E-state index contributed by atoms with van der Waals surface area (Å²) in [6.07, 6.45) is 11.1. The molecular weight excluding hydrogens is 592 g/mol. The van der Waals surface area contributed by atoms with Gasteiger partial charge in [-0.25, -0.2) is 0 Å². The number of hydrogen-bond donors (Lipinski definition) is 4. The zero-order chi connectivity index (χ0) is 34.0. The summed E-state index contributed by atoms with van der Waals surface area (Å²) in [5, 5.41) is 27.9. The van der Waals surface area contributed by atoms with E-state index < -0.39 is 17.4 Å². The lowest BCUT2D eigenvalue weighted by molar-refractivity contribution is -0.139. The highest BCUT2D eigenvalue weighted by molar-refractivity contribution is 6.08. The highest BCUT2D eigenvalue weighted by Gasteiger charge is 2.52. The van der Waals surface area contributed by atoms with E-state index in [1.807, 2.05) is 43.3 Å². The molecule has 0 aliphatic carbocycles. The Morgan fingerprint density at radius 3 is 2.60 bits per heavy atom. The van der Waals surface area contributed by atoms with Crippen molar-refractivity contribution >= 4 is 29.1 Å². The third kappa shape index (κ3) is 9.06. The van der Waals surface area contributed by atoms with Gasteiger partial charge in [0.1, 0.15) is 0 Å². The normalized spacial score (nSPS) is 20.0. The van der Waals surface area contributed by atoms with Gasteiger partial charge in [0.15, 0.2) is 5.60 Å². The van der Waals surface area contributed by atoms with Crippen molar-refractivity contribution in [3.63, 3.8) is 0 Å². The molecule has 3 amide bonds. The summed E-state index contributed by atoms with van der Waals surface area (Å²) in [4.78, 5) is 43.3. The minimum atomic E-state index is -1.90. The van der Waals surface area contributed by atoms with Crippen LogP contribution in [0, 0.1) is 5.92 Å². The fourth-order valence-electron chi connectivity index (χ4n) is 6.14. The van der Waals surface area contributed by atoms with Crippen LogP contribution in [-0.2, 0) is 26.5 Å². The lowest BCUT2D eigenvalue weighted by Gasteiger charge is -2.28. The van der Waals surface area contributed by atoms with Crippen LogP contribution in [0.25, 0.3) is 0 Å². The molecule has 47 heavy (non-hydrogen) atoms. The largest absolute Gasteiger partial charge is 0.395 e. The molecule has 0 saturated carbocycles. The van der Waals surface area contributed by atoms with E-state index >= 15 is 0 Å². The molecule has 1 saturated heterocycles. The summed E-state index contributed by atoms with van der Waals surface area (Å²) in [7, 11) is 0. The Balaban J connectivity index is 1.55. The van der Waals surface area contributed by atoms with Crippen molar-refractivity contribution < 1.29 is 24.6 Å². The second kappa shape index (κ2) is 16.7. The summed E-state index contributed by atoms with van der Waals surface area (Å²) in [5.74, 6) is -1.44. The van der Waals surface area contributed by atoms with Gasteiger partial charge >= 0.3 is 0 Å². The van der Waals surface area contributed by atoms with Crippen LogP contribution in [0.5, 0.6) is 0 Å². The lowest BCUT2D eigenvalue weighted by Crippen LogP contribution is -2.44. The molecule has 2 aliphatic rings. The predicted molar refractivity (Wildman–Crippen MR) is 187 cm³/mol. The number of amides is 3. The van der Waals surface area contributed by atoms with Crippen molar-refractivity contribution in [1.29, 1.82) is 0 Å². The summed E-state index contributed by atoms with van der Waals surface area (Å²) in [6.45, 7) is 9.47. The number of aliphatic hydroxyl groups excluding tert-OH is 1. The van der Waals surface area contributed by atoms with E-state index in [2.05, 4.69) is 30.6 Å². The lowest BCUT2D eigenvalue weighted by atomic mass is 9.82. The molecule has 4 N–H and O–H groups in total. The number of allylic oxidation sites excluding steroid dienone is 3. The molecule has 0 spiro atoms. The molecule has 9 heteroatoms. The topological polar surface area (TPSA) is 122 Å². The van der Waals surface area contributed by atoms with Crippen molar-refractivity contribution in [2.24, 2.45) is 5.92 Å². The number of rotatable bonds is 15. The maximum absolute atomic E-state index is 14.1. The van der Waals surface area contributed by atoms with Crippen LogP contribution in [0.1, 0.15) is 70.9 Å². The van der Waals surface area contributed by atoms with Gasteiger partial charge in [-0.1, -0.05) is 72.7 Å². The van der Waals surface area contributed by atoms with Gasteiger partial charge in [0, 0.05) is 43.2 Å².